The third-order valence-electron chi connectivity index (χ3n) is 4.84. The fourth-order valence-electron chi connectivity index (χ4n) is 3.28. The first-order valence-corrected chi connectivity index (χ1v) is 7.61. The van der Waals surface area contributed by atoms with Crippen LogP contribution < -0.4 is 0 Å². The molecule has 0 radical (unpaired) electrons. The number of hydrogen-bond acceptors (Lipinski definition) is 2. The van der Waals surface area contributed by atoms with Crippen molar-refractivity contribution in [1.29, 1.82) is 0 Å². The minimum Gasteiger partial charge on any atom is -0.390 e. The Morgan fingerprint density at radius 3 is 2.45 bits per heavy atom. The molecule has 1 unspecified atom stereocenters. The molecule has 1 heterocycles. The Bertz CT molecular complexity index is 491. The van der Waals surface area contributed by atoms with Crippen molar-refractivity contribution < 1.29 is 9.90 Å². The molecule has 1 atom stereocenters. The molecule has 0 bridgehead atoms. The largest absolute Gasteiger partial charge is 0.390 e. The van der Waals surface area contributed by atoms with Crippen LogP contribution in [0.4, 0.5) is 0 Å². The molecule has 2 fully saturated rings. The summed E-state index contributed by atoms with van der Waals surface area (Å²) in [4.78, 5) is 14.9. The number of benzene rings is 1. The normalized spacial score (nSPS) is 28.8. The van der Waals surface area contributed by atoms with Crippen LogP contribution in [0.1, 0.15) is 44.6 Å². The van der Waals surface area contributed by atoms with Crippen molar-refractivity contribution >= 4 is 5.91 Å². The Kier molecular flexibility index (Phi) is 3.33. The molecule has 3 heteroatoms. The first kappa shape index (κ1) is 13.6. The van der Waals surface area contributed by atoms with Crippen molar-refractivity contribution in [3.63, 3.8) is 0 Å². The summed E-state index contributed by atoms with van der Waals surface area (Å²) < 4.78 is 0. The van der Waals surface area contributed by atoms with Crippen molar-refractivity contribution in [2.45, 2.75) is 50.0 Å². The van der Waals surface area contributed by atoms with Crippen LogP contribution in [0.3, 0.4) is 0 Å². The van der Waals surface area contributed by atoms with Gasteiger partial charge < -0.3 is 10.0 Å². The first-order chi connectivity index (χ1) is 9.54. The van der Waals surface area contributed by atoms with Gasteiger partial charge in [-0.1, -0.05) is 30.3 Å². The van der Waals surface area contributed by atoms with Crippen LogP contribution in [-0.2, 0) is 10.2 Å². The average molecular weight is 273 g/mol. The van der Waals surface area contributed by atoms with Crippen molar-refractivity contribution in [2.75, 3.05) is 13.1 Å². The van der Waals surface area contributed by atoms with Gasteiger partial charge in [0.15, 0.2) is 0 Å². The highest BCUT2D eigenvalue weighted by Gasteiger charge is 2.53. The minimum absolute atomic E-state index is 0.265. The van der Waals surface area contributed by atoms with E-state index in [1.54, 1.807) is 0 Å². The zero-order valence-electron chi connectivity index (χ0n) is 12.1. The van der Waals surface area contributed by atoms with Crippen molar-refractivity contribution in [1.82, 2.24) is 4.90 Å². The van der Waals surface area contributed by atoms with Gasteiger partial charge in [-0.2, -0.15) is 0 Å². The number of carbonyl (C=O) groups is 1. The van der Waals surface area contributed by atoms with Gasteiger partial charge in [0.1, 0.15) is 0 Å². The van der Waals surface area contributed by atoms with E-state index in [-0.39, 0.29) is 11.3 Å². The topological polar surface area (TPSA) is 40.5 Å². The summed E-state index contributed by atoms with van der Waals surface area (Å²) >= 11 is 0. The molecule has 3 rings (SSSR count). The smallest absolute Gasteiger partial charge is 0.233 e. The maximum absolute atomic E-state index is 12.9. The highest BCUT2D eigenvalue weighted by atomic mass is 16.3. The minimum atomic E-state index is -0.613. The Morgan fingerprint density at radius 2 is 1.80 bits per heavy atom. The summed E-state index contributed by atoms with van der Waals surface area (Å²) in [7, 11) is 0. The van der Waals surface area contributed by atoms with Gasteiger partial charge in [-0.25, -0.2) is 0 Å². The van der Waals surface area contributed by atoms with E-state index in [1.165, 1.54) is 0 Å². The van der Waals surface area contributed by atoms with Crippen LogP contribution >= 0.6 is 0 Å². The van der Waals surface area contributed by atoms with Gasteiger partial charge in [0.25, 0.3) is 0 Å². The van der Waals surface area contributed by atoms with Gasteiger partial charge in [-0.05, 0) is 44.6 Å². The summed E-state index contributed by atoms with van der Waals surface area (Å²) in [6.07, 6.45) is 4.29. The van der Waals surface area contributed by atoms with Crippen LogP contribution in [0.25, 0.3) is 0 Å². The molecule has 1 aromatic rings. The van der Waals surface area contributed by atoms with E-state index in [2.05, 4.69) is 12.1 Å². The van der Waals surface area contributed by atoms with Gasteiger partial charge in [-0.15, -0.1) is 0 Å². The lowest BCUT2D eigenvalue weighted by Gasteiger charge is -2.27. The summed E-state index contributed by atoms with van der Waals surface area (Å²) in [5.74, 6) is 0.265. The molecule has 1 saturated heterocycles. The van der Waals surface area contributed by atoms with E-state index in [0.29, 0.717) is 13.0 Å². The lowest BCUT2D eigenvalue weighted by Crippen LogP contribution is -2.40. The average Bonchev–Trinajstić information content (AvgIpc) is 3.25. The van der Waals surface area contributed by atoms with E-state index in [1.807, 2.05) is 30.0 Å². The summed E-state index contributed by atoms with van der Waals surface area (Å²) in [5, 5.41) is 10.2. The molecule has 1 amide bonds. The zero-order valence-corrected chi connectivity index (χ0v) is 12.1. The van der Waals surface area contributed by atoms with Crippen LogP contribution in [-0.4, -0.2) is 34.6 Å². The van der Waals surface area contributed by atoms with E-state index in [9.17, 15) is 9.90 Å². The Balaban J connectivity index is 1.76. The number of aliphatic hydroxyl groups is 1. The molecule has 20 heavy (non-hydrogen) atoms. The molecule has 1 aromatic carbocycles. The summed E-state index contributed by atoms with van der Waals surface area (Å²) in [6.45, 7) is 3.34. The quantitative estimate of drug-likeness (QED) is 0.899. The number of carbonyl (C=O) groups excluding carboxylic acids is 1. The fourth-order valence-corrected chi connectivity index (χ4v) is 3.28. The standard InChI is InChI=1S/C17H23NO2/c1-16(20)8-5-12-18(13-11-16)15(19)17(9-10-17)14-6-3-2-4-7-14/h2-4,6-7,20H,5,8-13H2,1H3. The van der Waals surface area contributed by atoms with Crippen LogP contribution in [0.2, 0.25) is 0 Å². The SMILES string of the molecule is CC1(O)CCCN(C(=O)C2(c3ccccc3)CC2)CC1. The molecule has 3 nitrogen and oxygen atoms in total. The van der Waals surface area contributed by atoms with Crippen LogP contribution in [0, 0.1) is 0 Å². The lowest BCUT2D eigenvalue weighted by molar-refractivity contribution is -0.134. The van der Waals surface area contributed by atoms with Crippen LogP contribution in [0.5, 0.6) is 0 Å². The number of likely N-dealkylation sites (tertiary alicyclic amines) is 1. The third kappa shape index (κ3) is 2.47. The Morgan fingerprint density at radius 1 is 1.10 bits per heavy atom. The second-order valence-corrected chi connectivity index (χ2v) is 6.59. The summed E-state index contributed by atoms with van der Waals surface area (Å²) in [6, 6.07) is 10.1. The lowest BCUT2D eigenvalue weighted by atomic mass is 9.94. The molecule has 1 N–H and O–H groups in total. The first-order valence-electron chi connectivity index (χ1n) is 7.61. The monoisotopic (exact) mass is 273 g/mol. The molecular formula is C17H23NO2. The second kappa shape index (κ2) is 4.88. The van der Waals surface area contributed by atoms with E-state index in [0.717, 1.165) is 37.8 Å². The molecule has 1 saturated carbocycles. The zero-order chi connectivity index (χ0) is 14.2. The van der Waals surface area contributed by atoms with E-state index in [4.69, 9.17) is 0 Å². The molecule has 108 valence electrons. The van der Waals surface area contributed by atoms with Crippen molar-refractivity contribution in [2.24, 2.45) is 0 Å². The van der Waals surface area contributed by atoms with Gasteiger partial charge in [-0.3, -0.25) is 4.79 Å². The van der Waals surface area contributed by atoms with Gasteiger partial charge in [0.2, 0.25) is 5.91 Å². The van der Waals surface area contributed by atoms with Crippen molar-refractivity contribution in [3.8, 4) is 0 Å². The Hall–Kier alpha value is -1.35. The molecule has 2 aliphatic rings. The maximum atomic E-state index is 12.9. The molecule has 1 aliphatic carbocycles. The number of nitrogens with zero attached hydrogens (tertiary/aromatic N) is 1. The Labute approximate surface area is 120 Å². The highest BCUT2D eigenvalue weighted by Crippen LogP contribution is 2.49. The van der Waals surface area contributed by atoms with E-state index < -0.39 is 5.60 Å². The molecule has 1 aliphatic heterocycles. The molecule has 0 aromatic heterocycles. The fraction of sp³-hybridized carbons (Fsp3) is 0.588. The molecular weight excluding hydrogens is 250 g/mol. The summed E-state index contributed by atoms with van der Waals surface area (Å²) in [5.41, 5.74) is 0.275. The van der Waals surface area contributed by atoms with Crippen molar-refractivity contribution in [3.05, 3.63) is 35.9 Å². The highest BCUT2D eigenvalue weighted by molar-refractivity contribution is 5.91. The van der Waals surface area contributed by atoms with Crippen LogP contribution in [0.15, 0.2) is 30.3 Å². The molecule has 0 spiro atoms. The second-order valence-electron chi connectivity index (χ2n) is 6.59. The predicted octanol–water partition coefficient (Wildman–Crippen LogP) is 2.48. The van der Waals surface area contributed by atoms with Gasteiger partial charge >= 0.3 is 0 Å². The van der Waals surface area contributed by atoms with Gasteiger partial charge in [0.05, 0.1) is 11.0 Å². The van der Waals surface area contributed by atoms with E-state index >= 15 is 0 Å². The maximum Gasteiger partial charge on any atom is 0.233 e. The number of rotatable bonds is 2. The predicted molar refractivity (Wildman–Crippen MR) is 78.4 cm³/mol. The number of amides is 1. The van der Waals surface area contributed by atoms with Gasteiger partial charge in [0, 0.05) is 13.1 Å². The third-order valence-corrected chi connectivity index (χ3v) is 4.84. The number of hydrogen-bond donors (Lipinski definition) is 1.